The molecular formula is C16H21N3O3S. The third-order valence-electron chi connectivity index (χ3n) is 4.33. The Bertz CT molecular complexity index is 813. The molecule has 0 spiro atoms. The van der Waals surface area contributed by atoms with Gasteiger partial charge in [0.25, 0.3) is 10.0 Å². The molecule has 0 bridgehead atoms. The minimum Gasteiger partial charge on any atom is -0.384 e. The molecule has 7 heteroatoms. The lowest BCUT2D eigenvalue weighted by molar-refractivity contribution is 0.0442. The number of imidazole rings is 1. The lowest BCUT2D eigenvalue weighted by atomic mass is 9.96. The zero-order chi connectivity index (χ0) is 16.7. The number of nitrogens with zero attached hydrogens (tertiary/aromatic N) is 2. The molecule has 2 aromatic rings. The Morgan fingerprint density at radius 2 is 2.13 bits per heavy atom. The number of rotatable bonds is 5. The second-order valence-electron chi connectivity index (χ2n) is 6.27. The van der Waals surface area contributed by atoms with Crippen molar-refractivity contribution in [3.05, 3.63) is 47.9 Å². The van der Waals surface area contributed by atoms with Gasteiger partial charge in [0.05, 0.1) is 6.33 Å². The Labute approximate surface area is 136 Å². The summed E-state index contributed by atoms with van der Waals surface area (Å²) in [4.78, 5) is 3.95. The number of hydrogen-bond donors (Lipinski definition) is 2. The molecule has 1 atom stereocenters. The van der Waals surface area contributed by atoms with E-state index in [-0.39, 0.29) is 17.6 Å². The molecule has 0 fully saturated rings. The number of fused-ring (bicyclic) bond motifs is 1. The Balaban J connectivity index is 1.77. The highest BCUT2D eigenvalue weighted by Crippen LogP contribution is 2.36. The van der Waals surface area contributed by atoms with Crippen LogP contribution in [0.5, 0.6) is 0 Å². The van der Waals surface area contributed by atoms with Crippen LogP contribution in [-0.2, 0) is 22.0 Å². The summed E-state index contributed by atoms with van der Waals surface area (Å²) in [6, 6.07) is 7.73. The van der Waals surface area contributed by atoms with E-state index in [0.717, 1.165) is 17.5 Å². The number of benzene rings is 1. The Morgan fingerprint density at radius 1 is 1.39 bits per heavy atom. The van der Waals surface area contributed by atoms with Crippen molar-refractivity contribution in [3.63, 3.8) is 0 Å². The number of hydrogen-bond acceptors (Lipinski definition) is 4. The molecule has 0 amide bonds. The van der Waals surface area contributed by atoms with Crippen LogP contribution >= 0.6 is 0 Å². The summed E-state index contributed by atoms with van der Waals surface area (Å²) in [6.07, 6.45) is 4.25. The van der Waals surface area contributed by atoms with Gasteiger partial charge in [-0.2, -0.15) is 0 Å². The summed E-state index contributed by atoms with van der Waals surface area (Å²) in [5, 5.41) is 10.8. The van der Waals surface area contributed by atoms with E-state index in [1.54, 1.807) is 4.57 Å². The first-order valence-electron chi connectivity index (χ1n) is 7.66. The van der Waals surface area contributed by atoms with Crippen LogP contribution in [0.1, 0.15) is 37.4 Å². The van der Waals surface area contributed by atoms with E-state index in [0.29, 0.717) is 6.42 Å². The second-order valence-corrected chi connectivity index (χ2v) is 7.98. The maximum atomic E-state index is 12.4. The van der Waals surface area contributed by atoms with Crippen LogP contribution in [0.2, 0.25) is 0 Å². The number of sulfonamides is 1. The van der Waals surface area contributed by atoms with E-state index >= 15 is 0 Å². The normalized spacial score (nSPS) is 20.9. The summed E-state index contributed by atoms with van der Waals surface area (Å²) in [5.41, 5.74) is 0.707. The van der Waals surface area contributed by atoms with Gasteiger partial charge in [0.15, 0.2) is 5.03 Å². The first kappa shape index (κ1) is 16.2. The van der Waals surface area contributed by atoms with Crippen LogP contribution < -0.4 is 4.72 Å². The van der Waals surface area contributed by atoms with Crippen molar-refractivity contribution < 1.29 is 13.5 Å². The summed E-state index contributed by atoms with van der Waals surface area (Å²) >= 11 is 0. The highest BCUT2D eigenvalue weighted by Gasteiger charge is 2.37. The predicted molar refractivity (Wildman–Crippen MR) is 86.5 cm³/mol. The zero-order valence-corrected chi connectivity index (χ0v) is 14.0. The van der Waals surface area contributed by atoms with Crippen molar-refractivity contribution in [1.29, 1.82) is 0 Å². The van der Waals surface area contributed by atoms with Gasteiger partial charge in [-0.25, -0.2) is 18.1 Å². The van der Waals surface area contributed by atoms with Crippen molar-refractivity contribution in [2.45, 2.75) is 43.4 Å². The van der Waals surface area contributed by atoms with Gasteiger partial charge in [0.1, 0.15) is 5.60 Å². The molecule has 124 valence electrons. The van der Waals surface area contributed by atoms with Gasteiger partial charge in [0.2, 0.25) is 0 Å². The van der Waals surface area contributed by atoms with Crippen LogP contribution in [0.15, 0.2) is 41.8 Å². The monoisotopic (exact) mass is 335 g/mol. The second kappa shape index (κ2) is 5.74. The van der Waals surface area contributed by atoms with Crippen molar-refractivity contribution in [1.82, 2.24) is 14.3 Å². The van der Waals surface area contributed by atoms with Crippen molar-refractivity contribution in [3.8, 4) is 0 Å². The highest BCUT2D eigenvalue weighted by molar-refractivity contribution is 7.89. The number of aliphatic hydroxyl groups is 1. The molecule has 1 aliphatic rings. The molecule has 0 radical (unpaired) electrons. The van der Waals surface area contributed by atoms with Gasteiger partial charge in [-0.15, -0.1) is 0 Å². The van der Waals surface area contributed by atoms with Gasteiger partial charge in [-0.1, -0.05) is 24.3 Å². The Morgan fingerprint density at radius 3 is 2.83 bits per heavy atom. The lowest BCUT2D eigenvalue weighted by Crippen LogP contribution is -2.39. The average molecular weight is 335 g/mol. The maximum Gasteiger partial charge on any atom is 0.259 e. The average Bonchev–Trinajstić information content (AvgIpc) is 3.13. The first-order chi connectivity index (χ1) is 10.8. The topological polar surface area (TPSA) is 84.2 Å². The Kier molecular flexibility index (Phi) is 4.03. The SMILES string of the molecule is CC(C)n1cnc(S(=O)(=O)NCC2(O)CCc3ccccc32)c1. The standard InChI is InChI=1S/C16H21N3O3S/c1-12(2)19-9-15(17-11-19)23(21,22)18-10-16(20)8-7-13-5-3-4-6-14(13)16/h3-6,9,11-12,18,20H,7-8,10H2,1-2H3. The minimum absolute atomic E-state index is 0.0268. The van der Waals surface area contributed by atoms with E-state index in [9.17, 15) is 13.5 Å². The third-order valence-corrected chi connectivity index (χ3v) is 5.62. The summed E-state index contributed by atoms with van der Waals surface area (Å²) in [7, 11) is -3.74. The van der Waals surface area contributed by atoms with E-state index in [1.807, 2.05) is 38.1 Å². The molecule has 0 saturated carbocycles. The van der Waals surface area contributed by atoms with Crippen molar-refractivity contribution in [2.75, 3.05) is 6.54 Å². The largest absolute Gasteiger partial charge is 0.384 e. The smallest absolute Gasteiger partial charge is 0.259 e. The summed E-state index contributed by atoms with van der Waals surface area (Å²) in [5.74, 6) is 0. The van der Waals surface area contributed by atoms with E-state index in [4.69, 9.17) is 0 Å². The summed E-state index contributed by atoms with van der Waals surface area (Å²) < 4.78 is 29.0. The van der Waals surface area contributed by atoms with E-state index < -0.39 is 15.6 Å². The molecule has 6 nitrogen and oxygen atoms in total. The summed E-state index contributed by atoms with van der Waals surface area (Å²) in [6.45, 7) is 3.84. The van der Waals surface area contributed by atoms with Gasteiger partial charge in [0, 0.05) is 18.8 Å². The van der Waals surface area contributed by atoms with Crippen LogP contribution in [-0.4, -0.2) is 29.6 Å². The maximum absolute atomic E-state index is 12.4. The highest BCUT2D eigenvalue weighted by atomic mass is 32.2. The molecule has 0 aliphatic heterocycles. The molecule has 1 aromatic heterocycles. The third kappa shape index (κ3) is 3.04. The van der Waals surface area contributed by atoms with Crippen LogP contribution in [0.4, 0.5) is 0 Å². The fourth-order valence-corrected chi connectivity index (χ4v) is 3.90. The van der Waals surface area contributed by atoms with Crippen LogP contribution in [0.3, 0.4) is 0 Å². The lowest BCUT2D eigenvalue weighted by Gasteiger charge is -2.24. The predicted octanol–water partition coefficient (Wildman–Crippen LogP) is 1.58. The van der Waals surface area contributed by atoms with Crippen molar-refractivity contribution in [2.24, 2.45) is 0 Å². The van der Waals surface area contributed by atoms with E-state index in [2.05, 4.69) is 9.71 Å². The minimum atomic E-state index is -3.74. The molecule has 1 aromatic carbocycles. The fourth-order valence-electron chi connectivity index (χ4n) is 2.88. The molecule has 1 heterocycles. The fraction of sp³-hybridized carbons (Fsp3) is 0.438. The molecule has 2 N–H and O–H groups in total. The molecule has 3 rings (SSSR count). The molecular weight excluding hydrogens is 314 g/mol. The van der Waals surface area contributed by atoms with Gasteiger partial charge >= 0.3 is 0 Å². The van der Waals surface area contributed by atoms with Crippen molar-refractivity contribution >= 4 is 10.0 Å². The molecule has 23 heavy (non-hydrogen) atoms. The molecule has 1 unspecified atom stereocenters. The first-order valence-corrected chi connectivity index (χ1v) is 9.14. The Hall–Kier alpha value is -1.70. The van der Waals surface area contributed by atoms with Gasteiger partial charge in [-0.05, 0) is 37.8 Å². The number of nitrogens with one attached hydrogen (secondary N) is 1. The zero-order valence-electron chi connectivity index (χ0n) is 13.2. The number of aryl methyl sites for hydroxylation is 1. The van der Waals surface area contributed by atoms with Gasteiger partial charge < -0.3 is 9.67 Å². The van der Waals surface area contributed by atoms with E-state index in [1.165, 1.54) is 12.5 Å². The van der Waals surface area contributed by atoms with Gasteiger partial charge in [-0.3, -0.25) is 0 Å². The molecule has 1 aliphatic carbocycles. The quantitative estimate of drug-likeness (QED) is 0.869. The van der Waals surface area contributed by atoms with Crippen LogP contribution in [0, 0.1) is 0 Å². The number of aromatic nitrogens is 2. The molecule has 0 saturated heterocycles. The van der Waals surface area contributed by atoms with Crippen LogP contribution in [0.25, 0.3) is 0 Å².